The third-order valence-electron chi connectivity index (χ3n) is 2.94. The van der Waals surface area contributed by atoms with Gasteiger partial charge in [-0.25, -0.2) is 0 Å². The van der Waals surface area contributed by atoms with Crippen LogP contribution in [0.15, 0.2) is 23.0 Å². The minimum Gasteiger partial charge on any atom is -0.337 e. The summed E-state index contributed by atoms with van der Waals surface area (Å²) in [6.07, 6.45) is 2.22. The van der Waals surface area contributed by atoms with Gasteiger partial charge < -0.3 is 9.88 Å². The van der Waals surface area contributed by atoms with Gasteiger partial charge in [-0.1, -0.05) is 13.0 Å². The van der Waals surface area contributed by atoms with Crippen molar-refractivity contribution in [2.45, 2.75) is 19.8 Å². The normalized spacial score (nSPS) is 20.8. The number of aromatic amines is 1. The van der Waals surface area contributed by atoms with Crippen LogP contribution >= 0.6 is 0 Å². The van der Waals surface area contributed by atoms with Crippen LogP contribution in [0.25, 0.3) is 0 Å². The fraction of sp³-hybridized carbons (Fsp3) is 0.500. The molecule has 0 saturated carbocycles. The lowest BCUT2D eigenvalue weighted by atomic mass is 10.00. The molecule has 1 N–H and O–H groups in total. The fourth-order valence-corrected chi connectivity index (χ4v) is 2.12. The predicted molar refractivity (Wildman–Crippen MR) is 61.4 cm³/mol. The molecule has 1 aromatic heterocycles. The molecule has 1 fully saturated rings. The topological polar surface area (TPSA) is 53.2 Å². The molecule has 1 aliphatic rings. The number of hydrogen-bond acceptors (Lipinski definition) is 2. The Labute approximate surface area is 94.3 Å². The van der Waals surface area contributed by atoms with E-state index >= 15 is 0 Å². The van der Waals surface area contributed by atoms with Gasteiger partial charge in [0.25, 0.3) is 5.91 Å². The smallest absolute Gasteiger partial charge is 0.270 e. The van der Waals surface area contributed by atoms with Crippen LogP contribution in [0.1, 0.15) is 30.3 Å². The molecule has 86 valence electrons. The maximum atomic E-state index is 12.1. The first-order valence-corrected chi connectivity index (χ1v) is 5.65. The van der Waals surface area contributed by atoms with E-state index in [4.69, 9.17) is 0 Å². The van der Waals surface area contributed by atoms with Crippen LogP contribution < -0.4 is 5.56 Å². The molecule has 4 nitrogen and oxygen atoms in total. The van der Waals surface area contributed by atoms with Gasteiger partial charge in [-0.2, -0.15) is 0 Å². The van der Waals surface area contributed by atoms with Crippen molar-refractivity contribution < 1.29 is 4.79 Å². The van der Waals surface area contributed by atoms with Crippen molar-refractivity contribution in [2.24, 2.45) is 5.92 Å². The molecular weight excluding hydrogens is 204 g/mol. The van der Waals surface area contributed by atoms with E-state index in [2.05, 4.69) is 11.9 Å². The number of aromatic nitrogens is 1. The van der Waals surface area contributed by atoms with Gasteiger partial charge in [0, 0.05) is 19.2 Å². The molecule has 4 heteroatoms. The number of carbonyl (C=O) groups excluding carboxylic acids is 1. The molecular formula is C12H16N2O2. The summed E-state index contributed by atoms with van der Waals surface area (Å²) in [5.74, 6) is 0.484. The SMILES string of the molecule is CC1CCCN(C(=O)c2cccc(=O)[nH]2)C1. The molecule has 2 heterocycles. The van der Waals surface area contributed by atoms with E-state index < -0.39 is 0 Å². The average molecular weight is 220 g/mol. The number of piperidine rings is 1. The highest BCUT2D eigenvalue weighted by atomic mass is 16.2. The maximum Gasteiger partial charge on any atom is 0.270 e. The van der Waals surface area contributed by atoms with Gasteiger partial charge in [0.15, 0.2) is 0 Å². The third kappa shape index (κ3) is 2.32. The van der Waals surface area contributed by atoms with Crippen molar-refractivity contribution in [3.05, 3.63) is 34.2 Å². The Balaban J connectivity index is 2.15. The predicted octanol–water partition coefficient (Wildman–Crippen LogP) is 1.25. The Morgan fingerprint density at radius 3 is 3.00 bits per heavy atom. The Morgan fingerprint density at radius 1 is 1.50 bits per heavy atom. The van der Waals surface area contributed by atoms with E-state index in [1.165, 1.54) is 12.5 Å². The van der Waals surface area contributed by atoms with E-state index in [-0.39, 0.29) is 11.5 Å². The second kappa shape index (κ2) is 4.51. The summed E-state index contributed by atoms with van der Waals surface area (Å²) in [5.41, 5.74) is 0.164. The number of carbonyl (C=O) groups is 1. The lowest BCUT2D eigenvalue weighted by Crippen LogP contribution is -2.39. The summed E-state index contributed by atoms with van der Waals surface area (Å²) in [5, 5.41) is 0. The van der Waals surface area contributed by atoms with Crippen LogP contribution in [0.3, 0.4) is 0 Å². The van der Waals surface area contributed by atoms with Gasteiger partial charge >= 0.3 is 0 Å². The van der Waals surface area contributed by atoms with Crippen LogP contribution in [0.2, 0.25) is 0 Å². The quantitative estimate of drug-likeness (QED) is 0.774. The number of rotatable bonds is 1. The van der Waals surface area contributed by atoms with Gasteiger partial charge in [0.05, 0.1) is 0 Å². The van der Waals surface area contributed by atoms with E-state index in [1.807, 2.05) is 4.90 Å². The number of H-pyrrole nitrogens is 1. The highest BCUT2D eigenvalue weighted by Gasteiger charge is 2.22. The summed E-state index contributed by atoms with van der Waals surface area (Å²) < 4.78 is 0. The number of hydrogen-bond donors (Lipinski definition) is 1. The molecule has 0 aromatic carbocycles. The first kappa shape index (κ1) is 10.9. The van der Waals surface area contributed by atoms with Gasteiger partial charge in [-0.05, 0) is 24.8 Å². The van der Waals surface area contributed by atoms with Crippen LogP contribution in [0.4, 0.5) is 0 Å². The summed E-state index contributed by atoms with van der Waals surface area (Å²) in [6.45, 7) is 3.73. The highest BCUT2D eigenvalue weighted by Crippen LogP contribution is 2.16. The van der Waals surface area contributed by atoms with Crippen LogP contribution in [0.5, 0.6) is 0 Å². The molecule has 1 unspecified atom stereocenters. The van der Waals surface area contributed by atoms with Crippen LogP contribution in [0, 0.1) is 5.92 Å². The van der Waals surface area contributed by atoms with Crippen molar-refractivity contribution in [3.8, 4) is 0 Å². The Morgan fingerprint density at radius 2 is 2.31 bits per heavy atom. The Kier molecular flexibility index (Phi) is 3.08. The first-order chi connectivity index (χ1) is 7.66. The van der Waals surface area contributed by atoms with Crippen molar-refractivity contribution >= 4 is 5.91 Å². The lowest BCUT2D eigenvalue weighted by Gasteiger charge is -2.30. The Hall–Kier alpha value is -1.58. The molecule has 1 saturated heterocycles. The average Bonchev–Trinajstić information content (AvgIpc) is 2.28. The summed E-state index contributed by atoms with van der Waals surface area (Å²) in [6, 6.07) is 4.68. The minimum absolute atomic E-state index is 0.0655. The molecule has 2 rings (SSSR count). The van der Waals surface area contributed by atoms with E-state index in [0.717, 1.165) is 19.5 Å². The molecule has 1 aliphatic heterocycles. The van der Waals surface area contributed by atoms with Crippen molar-refractivity contribution in [1.29, 1.82) is 0 Å². The summed E-state index contributed by atoms with van der Waals surface area (Å²) in [4.78, 5) is 27.6. The van der Waals surface area contributed by atoms with Gasteiger partial charge in [0.2, 0.25) is 5.56 Å². The van der Waals surface area contributed by atoms with E-state index in [0.29, 0.717) is 11.6 Å². The zero-order valence-corrected chi connectivity index (χ0v) is 9.40. The summed E-state index contributed by atoms with van der Waals surface area (Å²) >= 11 is 0. The molecule has 0 aliphatic carbocycles. The third-order valence-corrected chi connectivity index (χ3v) is 2.94. The second-order valence-electron chi connectivity index (χ2n) is 4.43. The lowest BCUT2D eigenvalue weighted by molar-refractivity contribution is 0.0677. The zero-order chi connectivity index (χ0) is 11.5. The maximum absolute atomic E-state index is 12.1. The monoisotopic (exact) mass is 220 g/mol. The number of pyridine rings is 1. The van der Waals surface area contributed by atoms with E-state index in [1.54, 1.807) is 12.1 Å². The highest BCUT2D eigenvalue weighted by molar-refractivity contribution is 5.92. The van der Waals surface area contributed by atoms with Gasteiger partial charge in [0.1, 0.15) is 5.69 Å². The molecule has 1 amide bonds. The molecule has 0 radical (unpaired) electrons. The van der Waals surface area contributed by atoms with Crippen molar-refractivity contribution in [1.82, 2.24) is 9.88 Å². The van der Waals surface area contributed by atoms with Crippen molar-refractivity contribution in [2.75, 3.05) is 13.1 Å². The Bertz CT molecular complexity index is 439. The standard InChI is InChI=1S/C12H16N2O2/c1-9-4-3-7-14(8-9)12(16)10-5-2-6-11(15)13-10/h2,5-6,9H,3-4,7-8H2,1H3,(H,13,15). The number of amides is 1. The van der Waals surface area contributed by atoms with Crippen LogP contribution in [-0.4, -0.2) is 28.9 Å². The second-order valence-corrected chi connectivity index (χ2v) is 4.43. The van der Waals surface area contributed by atoms with Crippen molar-refractivity contribution in [3.63, 3.8) is 0 Å². The largest absolute Gasteiger partial charge is 0.337 e. The molecule has 1 aromatic rings. The molecule has 0 spiro atoms. The van der Waals surface area contributed by atoms with E-state index in [9.17, 15) is 9.59 Å². The molecule has 1 atom stereocenters. The van der Waals surface area contributed by atoms with Gasteiger partial charge in [-0.15, -0.1) is 0 Å². The van der Waals surface area contributed by atoms with Gasteiger partial charge in [-0.3, -0.25) is 9.59 Å². The molecule has 16 heavy (non-hydrogen) atoms. The number of nitrogens with zero attached hydrogens (tertiary/aromatic N) is 1. The number of likely N-dealkylation sites (tertiary alicyclic amines) is 1. The first-order valence-electron chi connectivity index (χ1n) is 5.65. The number of nitrogens with one attached hydrogen (secondary N) is 1. The molecule has 0 bridgehead atoms. The fourth-order valence-electron chi connectivity index (χ4n) is 2.12. The zero-order valence-electron chi connectivity index (χ0n) is 9.40. The van der Waals surface area contributed by atoms with Crippen LogP contribution in [-0.2, 0) is 0 Å². The minimum atomic E-state index is -0.226. The summed E-state index contributed by atoms with van der Waals surface area (Å²) in [7, 11) is 0.